The van der Waals surface area contributed by atoms with Crippen molar-refractivity contribution in [2.45, 2.75) is 12.0 Å². The van der Waals surface area contributed by atoms with Crippen molar-refractivity contribution in [2.24, 2.45) is 0 Å². The molecule has 0 amide bonds. The summed E-state index contributed by atoms with van der Waals surface area (Å²) in [4.78, 5) is 13.3. The Labute approximate surface area is 192 Å². The second kappa shape index (κ2) is 10.5. The monoisotopic (exact) mass is 502 g/mol. The highest BCUT2D eigenvalue weighted by Gasteiger charge is 2.43. The molecule has 0 spiro atoms. The number of aliphatic hydroxyl groups excluding tert-OH is 1. The van der Waals surface area contributed by atoms with E-state index in [0.717, 1.165) is 24.5 Å². The fourth-order valence-corrected chi connectivity index (χ4v) is 3.82. The van der Waals surface area contributed by atoms with Gasteiger partial charge in [0.05, 0.1) is 6.26 Å². The van der Waals surface area contributed by atoms with E-state index in [1.165, 1.54) is 24.3 Å². The van der Waals surface area contributed by atoms with Gasteiger partial charge in [-0.2, -0.15) is 0 Å². The average Bonchev–Trinajstić information content (AvgIpc) is 2.80. The topological polar surface area (TPSA) is 66.8 Å². The molecule has 7 heteroatoms. The van der Waals surface area contributed by atoms with Crippen LogP contribution in [0.3, 0.4) is 0 Å². The molecular formula is C25H21BrF2O4. The minimum absolute atomic E-state index is 0.0700. The number of carbonyl (C=O) groups is 1. The van der Waals surface area contributed by atoms with Crippen LogP contribution >= 0.6 is 15.9 Å². The Balaban J connectivity index is 2.02. The van der Waals surface area contributed by atoms with Gasteiger partial charge in [-0.05, 0) is 47.4 Å². The first-order valence-electron chi connectivity index (χ1n) is 9.79. The zero-order valence-electron chi connectivity index (χ0n) is 17.0. The number of carbonyl (C=O) groups excluding carboxylic acids is 1. The molecule has 0 aliphatic rings. The Morgan fingerprint density at radius 2 is 1.66 bits per heavy atom. The largest absolute Gasteiger partial charge is 0.515 e. The van der Waals surface area contributed by atoms with Crippen molar-refractivity contribution in [3.63, 3.8) is 0 Å². The minimum atomic E-state index is -2.32. The third kappa shape index (κ3) is 5.06. The second-order valence-electron chi connectivity index (χ2n) is 7.05. The zero-order valence-corrected chi connectivity index (χ0v) is 18.6. The Morgan fingerprint density at radius 3 is 2.28 bits per heavy atom. The maximum atomic E-state index is 13.9. The maximum Gasteiger partial charge on any atom is 0.348 e. The smallest absolute Gasteiger partial charge is 0.348 e. The first-order chi connectivity index (χ1) is 15.4. The predicted octanol–water partition coefficient (Wildman–Crippen LogP) is 5.28. The molecule has 4 nitrogen and oxygen atoms in total. The summed E-state index contributed by atoms with van der Waals surface area (Å²) in [5.41, 5.74) is -0.776. The molecular weight excluding hydrogens is 482 g/mol. The molecule has 2 N–H and O–H groups in total. The molecule has 166 valence electrons. The minimum Gasteiger partial charge on any atom is -0.515 e. The van der Waals surface area contributed by atoms with E-state index in [4.69, 9.17) is 4.74 Å². The van der Waals surface area contributed by atoms with Crippen molar-refractivity contribution in [3.05, 3.63) is 113 Å². The molecule has 3 aromatic rings. The number of aliphatic hydroxyl groups is 2. The van der Waals surface area contributed by atoms with Gasteiger partial charge in [0.2, 0.25) is 5.60 Å². The van der Waals surface area contributed by atoms with Crippen LogP contribution in [0.2, 0.25) is 0 Å². The van der Waals surface area contributed by atoms with Crippen LogP contribution < -0.4 is 0 Å². The number of halogens is 3. The molecule has 3 aromatic carbocycles. The molecule has 0 aliphatic heterocycles. The number of alkyl halides is 1. The molecule has 0 bridgehead atoms. The fourth-order valence-electron chi connectivity index (χ4n) is 3.39. The van der Waals surface area contributed by atoms with Crippen molar-refractivity contribution in [2.75, 3.05) is 11.9 Å². The van der Waals surface area contributed by atoms with Crippen molar-refractivity contribution in [3.8, 4) is 0 Å². The van der Waals surface area contributed by atoms with Crippen molar-refractivity contribution in [1.82, 2.24) is 0 Å². The lowest BCUT2D eigenvalue weighted by molar-refractivity contribution is -0.160. The molecule has 32 heavy (non-hydrogen) atoms. The van der Waals surface area contributed by atoms with E-state index >= 15 is 0 Å². The lowest BCUT2D eigenvalue weighted by atomic mass is 9.83. The summed E-state index contributed by atoms with van der Waals surface area (Å²) in [5.74, 6) is -2.10. The Hall–Kier alpha value is -3.03. The first-order valence-corrected chi connectivity index (χ1v) is 10.9. The molecule has 0 saturated carbocycles. The summed E-state index contributed by atoms with van der Waals surface area (Å²) in [5, 5.41) is 21.7. The van der Waals surface area contributed by atoms with Gasteiger partial charge in [-0.15, -0.1) is 0 Å². The van der Waals surface area contributed by atoms with Crippen LogP contribution in [-0.4, -0.2) is 28.1 Å². The number of hydrogen-bond donors (Lipinski definition) is 2. The van der Waals surface area contributed by atoms with Gasteiger partial charge in [-0.3, -0.25) is 0 Å². The SMILES string of the molecule is O=C(OCC(=CO)c1ccccc1)C(O)(c1ccc(F)cc1)c1ccc(F)cc1CCBr. The summed E-state index contributed by atoms with van der Waals surface area (Å²) in [6.45, 7) is -0.322. The van der Waals surface area contributed by atoms with Crippen molar-refractivity contribution >= 4 is 27.5 Å². The molecule has 0 radical (unpaired) electrons. The van der Waals surface area contributed by atoms with Crippen molar-refractivity contribution < 1.29 is 28.5 Å². The maximum absolute atomic E-state index is 13.9. The van der Waals surface area contributed by atoms with Gasteiger partial charge >= 0.3 is 5.97 Å². The Bertz CT molecular complexity index is 1100. The molecule has 0 aliphatic carbocycles. The number of ether oxygens (including phenoxy) is 1. The number of rotatable bonds is 8. The van der Waals surface area contributed by atoms with E-state index in [1.54, 1.807) is 30.3 Å². The van der Waals surface area contributed by atoms with Crippen LogP contribution in [0.25, 0.3) is 5.57 Å². The molecule has 3 rings (SSSR count). The van der Waals surface area contributed by atoms with Crippen LogP contribution in [0.1, 0.15) is 22.3 Å². The average molecular weight is 503 g/mol. The van der Waals surface area contributed by atoms with Gasteiger partial charge in [-0.1, -0.05) is 64.5 Å². The van der Waals surface area contributed by atoms with Crippen LogP contribution in [0.5, 0.6) is 0 Å². The molecule has 0 heterocycles. The number of esters is 1. The van der Waals surface area contributed by atoms with E-state index in [9.17, 15) is 23.8 Å². The molecule has 0 saturated heterocycles. The summed E-state index contributed by atoms with van der Waals surface area (Å²) >= 11 is 3.29. The summed E-state index contributed by atoms with van der Waals surface area (Å²) in [6, 6.07) is 17.3. The first kappa shape index (κ1) is 23.6. The number of aryl methyl sites for hydroxylation is 1. The van der Waals surface area contributed by atoms with Crippen LogP contribution in [0.15, 0.2) is 79.1 Å². The lowest BCUT2D eigenvalue weighted by Crippen LogP contribution is -2.40. The van der Waals surface area contributed by atoms with E-state index in [1.807, 2.05) is 0 Å². The molecule has 0 fully saturated rings. The van der Waals surface area contributed by atoms with Gasteiger partial charge in [0.15, 0.2) is 0 Å². The van der Waals surface area contributed by atoms with E-state index in [-0.39, 0.29) is 17.7 Å². The van der Waals surface area contributed by atoms with E-state index in [2.05, 4.69) is 15.9 Å². The second-order valence-corrected chi connectivity index (χ2v) is 7.85. The van der Waals surface area contributed by atoms with E-state index in [0.29, 0.717) is 28.5 Å². The Kier molecular flexibility index (Phi) is 7.77. The van der Waals surface area contributed by atoms with Gasteiger partial charge in [0.25, 0.3) is 0 Å². The molecule has 0 aromatic heterocycles. The summed E-state index contributed by atoms with van der Waals surface area (Å²) in [7, 11) is 0. The number of hydrogen-bond acceptors (Lipinski definition) is 4. The molecule has 1 atom stereocenters. The zero-order chi connectivity index (χ0) is 23.1. The summed E-state index contributed by atoms with van der Waals surface area (Å²) < 4.78 is 32.8. The third-order valence-corrected chi connectivity index (χ3v) is 5.43. The third-order valence-electron chi connectivity index (χ3n) is 5.04. The predicted molar refractivity (Wildman–Crippen MR) is 121 cm³/mol. The standard InChI is InChI=1S/C25H21BrF2O4/c26-13-12-18-14-22(28)10-11-23(18)25(31,20-6-8-21(27)9-7-20)24(30)32-16-19(15-29)17-4-2-1-3-5-17/h1-11,14-15,29,31H,12-13,16H2. The molecule has 1 unspecified atom stereocenters. The fraction of sp³-hybridized carbons (Fsp3) is 0.160. The van der Waals surface area contributed by atoms with Gasteiger partial charge in [0.1, 0.15) is 18.2 Å². The highest BCUT2D eigenvalue weighted by molar-refractivity contribution is 9.09. The highest BCUT2D eigenvalue weighted by atomic mass is 79.9. The summed E-state index contributed by atoms with van der Waals surface area (Å²) in [6.07, 6.45) is 1.16. The van der Waals surface area contributed by atoms with Gasteiger partial charge in [0, 0.05) is 16.5 Å². The quantitative estimate of drug-likeness (QED) is 0.250. The van der Waals surface area contributed by atoms with Crippen molar-refractivity contribution in [1.29, 1.82) is 0 Å². The normalized spacial score (nSPS) is 13.4. The van der Waals surface area contributed by atoms with E-state index < -0.39 is 23.2 Å². The lowest BCUT2D eigenvalue weighted by Gasteiger charge is -2.29. The highest BCUT2D eigenvalue weighted by Crippen LogP contribution is 2.35. The number of benzene rings is 3. The van der Waals surface area contributed by atoms with Crippen LogP contribution in [0, 0.1) is 11.6 Å². The van der Waals surface area contributed by atoms with Crippen LogP contribution in [-0.2, 0) is 21.6 Å². The van der Waals surface area contributed by atoms with Gasteiger partial charge < -0.3 is 14.9 Å². The van der Waals surface area contributed by atoms with Crippen LogP contribution in [0.4, 0.5) is 8.78 Å². The Morgan fingerprint density at radius 1 is 1.00 bits per heavy atom. The van der Waals surface area contributed by atoms with Gasteiger partial charge in [-0.25, -0.2) is 13.6 Å².